The summed E-state index contributed by atoms with van der Waals surface area (Å²) in [5.74, 6) is -3.44. The van der Waals surface area contributed by atoms with Gasteiger partial charge in [0.05, 0.1) is 5.92 Å². The van der Waals surface area contributed by atoms with Gasteiger partial charge in [0.1, 0.15) is 0 Å². The van der Waals surface area contributed by atoms with Gasteiger partial charge in [-0.05, 0) is 25.5 Å². The largest absolute Gasteiger partial charge is 0.505 e. The van der Waals surface area contributed by atoms with Crippen molar-refractivity contribution in [2.45, 2.75) is 19.8 Å². The first-order chi connectivity index (χ1) is 6.43. The molecule has 0 bridgehead atoms. The Morgan fingerprint density at radius 2 is 2.07 bits per heavy atom. The monoisotopic (exact) mass is 198 g/mol. The average Bonchev–Trinajstić information content (AvgIpc) is 2.09. The lowest BCUT2D eigenvalue weighted by atomic mass is 9.98. The fourth-order valence-electron chi connectivity index (χ4n) is 1.23. The fraction of sp³-hybridized carbons (Fsp3) is 0.300. The molecule has 0 fully saturated rings. The van der Waals surface area contributed by atoms with Crippen molar-refractivity contribution in [3.63, 3.8) is 0 Å². The van der Waals surface area contributed by atoms with Gasteiger partial charge in [-0.3, -0.25) is 4.79 Å². The third kappa shape index (κ3) is 1.84. The number of carboxylic acids is 1. The van der Waals surface area contributed by atoms with Crippen molar-refractivity contribution >= 4 is 5.97 Å². The molecule has 14 heavy (non-hydrogen) atoms. The molecule has 0 aliphatic carbocycles. The third-order valence-corrected chi connectivity index (χ3v) is 2.06. The number of phenols is 1. The smallest absolute Gasteiger partial charge is 0.310 e. The summed E-state index contributed by atoms with van der Waals surface area (Å²) in [7, 11) is 0. The molecule has 1 aromatic carbocycles. The zero-order valence-corrected chi connectivity index (χ0v) is 7.91. The predicted molar refractivity (Wildman–Crippen MR) is 48.9 cm³/mol. The molecule has 4 heteroatoms. The third-order valence-electron chi connectivity index (χ3n) is 2.06. The number of carboxylic acid groups (broad SMARTS) is 1. The number of rotatable bonds is 2. The zero-order valence-electron chi connectivity index (χ0n) is 7.91. The summed E-state index contributed by atoms with van der Waals surface area (Å²) in [5, 5.41) is 17.8. The summed E-state index contributed by atoms with van der Waals surface area (Å²) in [5.41, 5.74) is 0.641. The van der Waals surface area contributed by atoms with Gasteiger partial charge in [-0.1, -0.05) is 6.07 Å². The lowest BCUT2D eigenvalue weighted by molar-refractivity contribution is -0.138. The lowest BCUT2D eigenvalue weighted by Crippen LogP contribution is -2.09. The highest BCUT2D eigenvalue weighted by molar-refractivity contribution is 5.75. The normalized spacial score (nSPS) is 12.5. The maximum absolute atomic E-state index is 13.3. The van der Waals surface area contributed by atoms with Crippen molar-refractivity contribution in [3.05, 3.63) is 29.1 Å². The summed E-state index contributed by atoms with van der Waals surface area (Å²) in [6.45, 7) is 3.04. The van der Waals surface area contributed by atoms with Gasteiger partial charge in [-0.15, -0.1) is 0 Å². The van der Waals surface area contributed by atoms with Crippen molar-refractivity contribution in [2.24, 2.45) is 0 Å². The first-order valence-electron chi connectivity index (χ1n) is 4.15. The SMILES string of the molecule is Cc1cc(O)c(F)c(C(C)C(=O)O)c1. The molecule has 0 spiro atoms. The van der Waals surface area contributed by atoms with Gasteiger partial charge < -0.3 is 10.2 Å². The predicted octanol–water partition coefficient (Wildman–Crippen LogP) is 2.03. The number of aliphatic carboxylic acids is 1. The molecule has 2 N–H and O–H groups in total. The molecule has 1 atom stereocenters. The Kier molecular flexibility index (Phi) is 2.74. The number of aromatic hydroxyl groups is 1. The van der Waals surface area contributed by atoms with Crippen LogP contribution in [-0.4, -0.2) is 16.2 Å². The molecule has 76 valence electrons. The van der Waals surface area contributed by atoms with E-state index in [9.17, 15) is 9.18 Å². The highest BCUT2D eigenvalue weighted by atomic mass is 19.1. The molecule has 0 aromatic heterocycles. The van der Waals surface area contributed by atoms with E-state index in [0.29, 0.717) is 5.56 Å². The minimum atomic E-state index is -1.12. The molecule has 0 amide bonds. The van der Waals surface area contributed by atoms with Crippen LogP contribution < -0.4 is 0 Å². The van der Waals surface area contributed by atoms with Crippen LogP contribution in [0.3, 0.4) is 0 Å². The van der Waals surface area contributed by atoms with Crippen molar-refractivity contribution in [1.82, 2.24) is 0 Å². The maximum atomic E-state index is 13.3. The van der Waals surface area contributed by atoms with Crippen molar-refractivity contribution in [1.29, 1.82) is 0 Å². The Bertz CT molecular complexity index is 374. The van der Waals surface area contributed by atoms with Gasteiger partial charge in [-0.2, -0.15) is 0 Å². The van der Waals surface area contributed by atoms with Crippen LogP contribution in [-0.2, 0) is 4.79 Å². The van der Waals surface area contributed by atoms with E-state index in [2.05, 4.69) is 0 Å². The van der Waals surface area contributed by atoms with Crippen molar-refractivity contribution in [3.8, 4) is 5.75 Å². The Labute approximate surface area is 80.8 Å². The number of hydrogen-bond donors (Lipinski definition) is 2. The molecule has 0 aliphatic heterocycles. The fourth-order valence-corrected chi connectivity index (χ4v) is 1.23. The van der Waals surface area contributed by atoms with Gasteiger partial charge in [0.25, 0.3) is 0 Å². The van der Waals surface area contributed by atoms with E-state index in [-0.39, 0.29) is 5.56 Å². The number of carbonyl (C=O) groups is 1. The van der Waals surface area contributed by atoms with Crippen LogP contribution in [0.1, 0.15) is 24.0 Å². The van der Waals surface area contributed by atoms with E-state index in [0.717, 1.165) is 0 Å². The van der Waals surface area contributed by atoms with Crippen LogP contribution >= 0.6 is 0 Å². The number of halogens is 1. The first kappa shape index (κ1) is 10.5. The summed E-state index contributed by atoms with van der Waals surface area (Å²) in [6.07, 6.45) is 0. The van der Waals surface area contributed by atoms with Gasteiger partial charge in [0.15, 0.2) is 11.6 Å². The van der Waals surface area contributed by atoms with E-state index < -0.39 is 23.5 Å². The average molecular weight is 198 g/mol. The summed E-state index contributed by atoms with van der Waals surface area (Å²) in [4.78, 5) is 10.6. The Morgan fingerprint density at radius 1 is 1.50 bits per heavy atom. The van der Waals surface area contributed by atoms with E-state index in [4.69, 9.17) is 10.2 Å². The van der Waals surface area contributed by atoms with Gasteiger partial charge in [0.2, 0.25) is 0 Å². The molecule has 1 rings (SSSR count). The molecular formula is C10H11FO3. The Hall–Kier alpha value is -1.58. The number of aryl methyl sites for hydroxylation is 1. The molecule has 1 unspecified atom stereocenters. The molecular weight excluding hydrogens is 187 g/mol. The number of phenolic OH excluding ortho intramolecular Hbond substituents is 1. The second-order valence-corrected chi connectivity index (χ2v) is 3.25. The summed E-state index contributed by atoms with van der Waals surface area (Å²) in [6, 6.07) is 2.68. The van der Waals surface area contributed by atoms with Crippen LogP contribution in [0.4, 0.5) is 4.39 Å². The van der Waals surface area contributed by atoms with Gasteiger partial charge in [0, 0.05) is 5.56 Å². The van der Waals surface area contributed by atoms with E-state index >= 15 is 0 Å². The Balaban J connectivity index is 3.26. The number of hydrogen-bond acceptors (Lipinski definition) is 2. The minimum absolute atomic E-state index is 0.00926. The van der Waals surface area contributed by atoms with Crippen LogP contribution in [0.5, 0.6) is 5.75 Å². The van der Waals surface area contributed by atoms with Crippen LogP contribution in [0.15, 0.2) is 12.1 Å². The molecule has 0 saturated heterocycles. The number of benzene rings is 1. The van der Waals surface area contributed by atoms with Crippen molar-refractivity contribution < 1.29 is 19.4 Å². The standard InChI is InChI=1S/C10H11FO3/c1-5-3-7(6(2)10(13)14)9(11)8(12)4-5/h3-4,6,12H,1-2H3,(H,13,14). The molecule has 0 heterocycles. The van der Waals surface area contributed by atoms with E-state index in [1.165, 1.54) is 19.1 Å². The van der Waals surface area contributed by atoms with Crippen LogP contribution in [0.2, 0.25) is 0 Å². The molecule has 0 saturated carbocycles. The summed E-state index contributed by atoms with van der Waals surface area (Å²) < 4.78 is 13.3. The van der Waals surface area contributed by atoms with Gasteiger partial charge in [-0.25, -0.2) is 4.39 Å². The molecule has 0 radical (unpaired) electrons. The maximum Gasteiger partial charge on any atom is 0.310 e. The molecule has 1 aromatic rings. The quantitative estimate of drug-likeness (QED) is 0.764. The first-order valence-corrected chi connectivity index (χ1v) is 4.15. The minimum Gasteiger partial charge on any atom is -0.505 e. The van der Waals surface area contributed by atoms with Crippen molar-refractivity contribution in [2.75, 3.05) is 0 Å². The lowest BCUT2D eigenvalue weighted by Gasteiger charge is -2.10. The van der Waals surface area contributed by atoms with E-state index in [1.54, 1.807) is 6.92 Å². The highest BCUT2D eigenvalue weighted by Gasteiger charge is 2.20. The second kappa shape index (κ2) is 3.65. The summed E-state index contributed by atoms with van der Waals surface area (Å²) >= 11 is 0. The Morgan fingerprint density at radius 3 is 2.57 bits per heavy atom. The van der Waals surface area contributed by atoms with E-state index in [1.807, 2.05) is 0 Å². The molecule has 3 nitrogen and oxygen atoms in total. The van der Waals surface area contributed by atoms with Gasteiger partial charge >= 0.3 is 5.97 Å². The second-order valence-electron chi connectivity index (χ2n) is 3.25. The zero-order chi connectivity index (χ0) is 10.9. The highest BCUT2D eigenvalue weighted by Crippen LogP contribution is 2.27. The topological polar surface area (TPSA) is 57.5 Å². The van der Waals surface area contributed by atoms with Crippen LogP contribution in [0.25, 0.3) is 0 Å². The molecule has 0 aliphatic rings. The van der Waals surface area contributed by atoms with Crippen LogP contribution in [0, 0.1) is 12.7 Å².